The van der Waals surface area contributed by atoms with Crippen LogP contribution in [-0.4, -0.2) is 46.7 Å². The summed E-state index contributed by atoms with van der Waals surface area (Å²) in [5, 5.41) is 7.46. The number of aliphatic imine (C=N–C) groups is 1. The fourth-order valence-corrected chi connectivity index (χ4v) is 3.34. The normalized spacial score (nSPS) is 18.3. The number of likely N-dealkylation sites (tertiary alicyclic amines) is 1. The second-order valence-electron chi connectivity index (χ2n) is 8.32. The molecule has 0 spiro atoms. The van der Waals surface area contributed by atoms with E-state index in [0.29, 0.717) is 11.3 Å². The van der Waals surface area contributed by atoms with Gasteiger partial charge >= 0.3 is 0 Å². The molecule has 0 aliphatic carbocycles. The van der Waals surface area contributed by atoms with E-state index >= 15 is 0 Å². The number of aryl methyl sites for hydroxylation is 1. The molecule has 1 fully saturated rings. The Labute approximate surface area is 162 Å². The Morgan fingerprint density at radius 2 is 1.93 bits per heavy atom. The molecule has 27 heavy (non-hydrogen) atoms. The molecule has 0 amide bonds. The van der Waals surface area contributed by atoms with Crippen LogP contribution in [0.15, 0.2) is 33.8 Å². The van der Waals surface area contributed by atoms with Crippen molar-refractivity contribution in [2.75, 3.05) is 20.1 Å². The van der Waals surface area contributed by atoms with Gasteiger partial charge in [0.25, 0.3) is 5.89 Å². The summed E-state index contributed by atoms with van der Waals surface area (Å²) in [4.78, 5) is 11.2. The van der Waals surface area contributed by atoms with Gasteiger partial charge in [0, 0.05) is 43.1 Å². The lowest BCUT2D eigenvalue weighted by Gasteiger charge is -2.62. The molecule has 3 rings (SSSR count). The SMILES string of the molecule is CCc1noc(-c2ccc(CCNC(=NC)N3CC(C)(C)C3(C)C)cc2)n1. The Hall–Kier alpha value is -2.37. The Morgan fingerprint density at radius 1 is 1.22 bits per heavy atom. The molecule has 1 saturated heterocycles. The van der Waals surface area contributed by atoms with Gasteiger partial charge in [0.1, 0.15) is 0 Å². The Morgan fingerprint density at radius 3 is 2.44 bits per heavy atom. The van der Waals surface area contributed by atoms with Crippen LogP contribution in [0.1, 0.15) is 46.0 Å². The standard InChI is InChI=1S/C21H31N5O/c1-7-17-24-18(27-25-17)16-10-8-15(9-11-16)12-13-23-19(22-6)26-14-20(2,3)21(26,4)5/h8-11H,7,12-14H2,1-6H3,(H,22,23). The van der Waals surface area contributed by atoms with E-state index in [1.807, 2.05) is 26.1 Å². The van der Waals surface area contributed by atoms with Gasteiger partial charge in [-0.15, -0.1) is 0 Å². The number of nitrogens with one attached hydrogen (secondary N) is 1. The zero-order valence-corrected chi connectivity index (χ0v) is 17.3. The second-order valence-corrected chi connectivity index (χ2v) is 8.32. The number of guanidine groups is 1. The van der Waals surface area contributed by atoms with Crippen molar-refractivity contribution >= 4 is 5.96 Å². The third-order valence-corrected chi connectivity index (χ3v) is 6.03. The molecule has 0 atom stereocenters. The van der Waals surface area contributed by atoms with E-state index in [9.17, 15) is 0 Å². The molecular weight excluding hydrogens is 338 g/mol. The molecule has 6 heteroatoms. The molecule has 1 aliphatic rings. The topological polar surface area (TPSA) is 66.6 Å². The van der Waals surface area contributed by atoms with Gasteiger partial charge in [-0.05, 0) is 38.0 Å². The number of nitrogens with zero attached hydrogens (tertiary/aromatic N) is 4. The minimum atomic E-state index is 0.109. The fraction of sp³-hybridized carbons (Fsp3) is 0.571. The van der Waals surface area contributed by atoms with Gasteiger partial charge in [-0.2, -0.15) is 4.98 Å². The smallest absolute Gasteiger partial charge is 0.257 e. The summed E-state index contributed by atoms with van der Waals surface area (Å²) in [7, 11) is 1.85. The van der Waals surface area contributed by atoms with Crippen LogP contribution in [0.5, 0.6) is 0 Å². The average Bonchev–Trinajstić information content (AvgIpc) is 3.13. The zero-order valence-electron chi connectivity index (χ0n) is 17.3. The first-order valence-electron chi connectivity index (χ1n) is 9.68. The maximum atomic E-state index is 5.30. The Kier molecular flexibility index (Phi) is 5.27. The maximum Gasteiger partial charge on any atom is 0.257 e. The lowest BCUT2D eigenvalue weighted by atomic mass is 9.65. The van der Waals surface area contributed by atoms with Crippen molar-refractivity contribution in [3.63, 3.8) is 0 Å². The molecule has 1 aliphatic heterocycles. The van der Waals surface area contributed by atoms with E-state index in [1.165, 1.54) is 5.56 Å². The summed E-state index contributed by atoms with van der Waals surface area (Å²) in [6.07, 6.45) is 1.71. The lowest BCUT2D eigenvalue weighted by molar-refractivity contribution is -0.0666. The molecule has 6 nitrogen and oxygen atoms in total. The number of benzene rings is 1. The van der Waals surface area contributed by atoms with Crippen LogP contribution in [0, 0.1) is 5.41 Å². The predicted molar refractivity (Wildman–Crippen MR) is 109 cm³/mol. The monoisotopic (exact) mass is 369 g/mol. The van der Waals surface area contributed by atoms with Gasteiger partial charge in [-0.3, -0.25) is 4.99 Å². The maximum absolute atomic E-state index is 5.30. The van der Waals surface area contributed by atoms with E-state index in [4.69, 9.17) is 4.52 Å². The molecular formula is C21H31N5O. The van der Waals surface area contributed by atoms with Crippen molar-refractivity contribution in [3.05, 3.63) is 35.7 Å². The minimum absolute atomic E-state index is 0.109. The zero-order chi connectivity index (χ0) is 19.7. The van der Waals surface area contributed by atoms with Gasteiger partial charge in [0.05, 0.1) is 0 Å². The number of rotatable bonds is 5. The summed E-state index contributed by atoms with van der Waals surface area (Å²) in [5.41, 5.74) is 2.63. The van der Waals surface area contributed by atoms with E-state index in [1.54, 1.807) is 0 Å². The van der Waals surface area contributed by atoms with E-state index < -0.39 is 0 Å². The Balaban J connectivity index is 1.54. The second kappa shape index (κ2) is 7.33. The summed E-state index contributed by atoms with van der Waals surface area (Å²) < 4.78 is 5.30. The summed E-state index contributed by atoms with van der Waals surface area (Å²) in [6.45, 7) is 13.1. The van der Waals surface area contributed by atoms with Crippen LogP contribution in [0.25, 0.3) is 11.5 Å². The Bertz CT molecular complexity index is 804. The molecule has 2 heterocycles. The van der Waals surface area contributed by atoms with Crippen molar-refractivity contribution in [1.29, 1.82) is 0 Å². The molecule has 146 valence electrons. The third kappa shape index (κ3) is 3.70. The van der Waals surface area contributed by atoms with Crippen LogP contribution in [0.2, 0.25) is 0 Å². The van der Waals surface area contributed by atoms with Gasteiger partial charge in [0.15, 0.2) is 11.8 Å². The molecule has 0 unspecified atom stereocenters. The van der Waals surface area contributed by atoms with Gasteiger partial charge in [0.2, 0.25) is 0 Å². The van der Waals surface area contributed by atoms with Gasteiger partial charge < -0.3 is 14.7 Å². The highest BCUT2D eigenvalue weighted by Crippen LogP contribution is 2.46. The summed E-state index contributed by atoms with van der Waals surface area (Å²) >= 11 is 0. The van der Waals surface area contributed by atoms with E-state index in [2.05, 4.69) is 65.2 Å². The quantitative estimate of drug-likeness (QED) is 0.645. The first kappa shape index (κ1) is 19.4. The predicted octanol–water partition coefficient (Wildman–Crippen LogP) is 3.54. The van der Waals surface area contributed by atoms with Crippen molar-refractivity contribution in [2.24, 2.45) is 10.4 Å². The van der Waals surface area contributed by atoms with Crippen LogP contribution in [0.3, 0.4) is 0 Å². The highest BCUT2D eigenvalue weighted by Gasteiger charge is 2.53. The van der Waals surface area contributed by atoms with Crippen LogP contribution < -0.4 is 5.32 Å². The largest absolute Gasteiger partial charge is 0.356 e. The third-order valence-electron chi connectivity index (χ3n) is 6.03. The molecule has 1 aromatic carbocycles. The van der Waals surface area contributed by atoms with Crippen LogP contribution in [0.4, 0.5) is 0 Å². The van der Waals surface area contributed by atoms with Crippen LogP contribution >= 0.6 is 0 Å². The summed E-state index contributed by atoms with van der Waals surface area (Å²) in [5.74, 6) is 2.30. The van der Waals surface area contributed by atoms with Crippen molar-refractivity contribution < 1.29 is 4.52 Å². The molecule has 1 aromatic heterocycles. The van der Waals surface area contributed by atoms with Gasteiger partial charge in [-0.25, -0.2) is 0 Å². The number of hydrogen-bond donors (Lipinski definition) is 1. The minimum Gasteiger partial charge on any atom is -0.356 e. The summed E-state index contributed by atoms with van der Waals surface area (Å²) in [6, 6.07) is 8.31. The van der Waals surface area contributed by atoms with Crippen molar-refractivity contribution in [2.45, 2.75) is 53.0 Å². The van der Waals surface area contributed by atoms with E-state index in [-0.39, 0.29) is 5.54 Å². The number of hydrogen-bond acceptors (Lipinski definition) is 4. The van der Waals surface area contributed by atoms with Crippen molar-refractivity contribution in [1.82, 2.24) is 20.4 Å². The average molecular weight is 370 g/mol. The van der Waals surface area contributed by atoms with Crippen molar-refractivity contribution in [3.8, 4) is 11.5 Å². The number of aromatic nitrogens is 2. The molecule has 1 N–H and O–H groups in total. The first-order valence-corrected chi connectivity index (χ1v) is 9.68. The van der Waals surface area contributed by atoms with E-state index in [0.717, 1.165) is 43.3 Å². The highest BCUT2D eigenvalue weighted by atomic mass is 16.5. The van der Waals surface area contributed by atoms with Crippen LogP contribution in [-0.2, 0) is 12.8 Å². The van der Waals surface area contributed by atoms with Gasteiger partial charge in [-0.1, -0.05) is 38.1 Å². The molecule has 0 saturated carbocycles. The first-order chi connectivity index (χ1) is 12.8. The molecule has 0 bridgehead atoms. The molecule has 0 radical (unpaired) electrons. The molecule has 2 aromatic rings. The highest BCUT2D eigenvalue weighted by molar-refractivity contribution is 5.82. The lowest BCUT2D eigenvalue weighted by Crippen LogP contribution is -2.72. The fourth-order valence-electron chi connectivity index (χ4n) is 3.34.